The molecule has 1 atom stereocenters. The smallest absolute Gasteiger partial charge is 0.304 e. The molecule has 1 amide bonds. The third-order valence-corrected chi connectivity index (χ3v) is 3.84. The van der Waals surface area contributed by atoms with E-state index in [0.717, 1.165) is 0 Å². The minimum Gasteiger partial charge on any atom is -0.481 e. The van der Waals surface area contributed by atoms with Crippen molar-refractivity contribution in [3.05, 3.63) is 0 Å². The average molecular weight is 237 g/mol. The largest absolute Gasteiger partial charge is 0.481 e. The summed E-state index contributed by atoms with van der Waals surface area (Å²) in [5.74, 6) is -2.45. The third-order valence-electron chi connectivity index (χ3n) is 1.78. The van der Waals surface area contributed by atoms with Crippen LogP contribution in [0.4, 0.5) is 0 Å². The van der Waals surface area contributed by atoms with Crippen LogP contribution in [0.3, 0.4) is 0 Å². The van der Waals surface area contributed by atoms with Crippen LogP contribution in [-0.4, -0.2) is 42.9 Å². The highest BCUT2D eigenvalue weighted by molar-refractivity contribution is 7.92. The number of carboxylic acid groups (broad SMARTS) is 1. The standard InChI is InChI=1S/C8H15NO5S/c1-3-9-7(10)5-15(13,14)6(2)4-8(11)12/h6H,3-5H2,1-2H3,(H,9,10)(H,11,12). The molecule has 0 saturated heterocycles. The quantitative estimate of drug-likeness (QED) is 0.642. The van der Waals surface area contributed by atoms with Crippen LogP contribution in [0.2, 0.25) is 0 Å². The van der Waals surface area contributed by atoms with E-state index in [9.17, 15) is 18.0 Å². The Balaban J connectivity index is 4.41. The van der Waals surface area contributed by atoms with Gasteiger partial charge in [0.15, 0.2) is 9.84 Å². The van der Waals surface area contributed by atoms with Gasteiger partial charge in [-0.05, 0) is 13.8 Å². The first-order chi connectivity index (χ1) is 6.79. The van der Waals surface area contributed by atoms with Crippen molar-refractivity contribution in [2.45, 2.75) is 25.5 Å². The van der Waals surface area contributed by atoms with E-state index < -0.39 is 39.1 Å². The van der Waals surface area contributed by atoms with Gasteiger partial charge in [0, 0.05) is 6.54 Å². The van der Waals surface area contributed by atoms with Crippen LogP contribution >= 0.6 is 0 Å². The van der Waals surface area contributed by atoms with E-state index in [-0.39, 0.29) is 0 Å². The van der Waals surface area contributed by atoms with Crippen molar-refractivity contribution in [1.29, 1.82) is 0 Å². The second-order valence-electron chi connectivity index (χ2n) is 3.17. The Morgan fingerprint density at radius 1 is 1.40 bits per heavy atom. The van der Waals surface area contributed by atoms with Gasteiger partial charge in [-0.1, -0.05) is 0 Å². The summed E-state index contributed by atoms with van der Waals surface area (Å²) in [6.45, 7) is 3.30. The number of hydrogen-bond donors (Lipinski definition) is 2. The summed E-state index contributed by atoms with van der Waals surface area (Å²) in [7, 11) is -3.67. The summed E-state index contributed by atoms with van der Waals surface area (Å²) in [6.07, 6.45) is -0.484. The van der Waals surface area contributed by atoms with Gasteiger partial charge in [-0.2, -0.15) is 0 Å². The molecule has 0 heterocycles. The molecule has 0 saturated carbocycles. The maximum Gasteiger partial charge on any atom is 0.304 e. The molecule has 1 unspecified atom stereocenters. The average Bonchev–Trinajstić information content (AvgIpc) is 2.01. The second-order valence-corrected chi connectivity index (χ2v) is 5.59. The van der Waals surface area contributed by atoms with E-state index in [1.54, 1.807) is 6.92 Å². The molecule has 88 valence electrons. The van der Waals surface area contributed by atoms with Crippen molar-refractivity contribution >= 4 is 21.7 Å². The molecule has 0 fully saturated rings. The third kappa shape index (κ3) is 5.36. The van der Waals surface area contributed by atoms with E-state index in [1.807, 2.05) is 0 Å². The zero-order valence-electron chi connectivity index (χ0n) is 8.69. The van der Waals surface area contributed by atoms with E-state index in [4.69, 9.17) is 5.11 Å². The summed E-state index contributed by atoms with van der Waals surface area (Å²) in [4.78, 5) is 21.3. The summed E-state index contributed by atoms with van der Waals surface area (Å²) in [5, 5.41) is 9.72. The van der Waals surface area contributed by atoms with Gasteiger partial charge in [-0.25, -0.2) is 8.42 Å². The molecule has 2 N–H and O–H groups in total. The van der Waals surface area contributed by atoms with Crippen molar-refractivity contribution in [2.75, 3.05) is 12.3 Å². The van der Waals surface area contributed by atoms with Gasteiger partial charge < -0.3 is 10.4 Å². The van der Waals surface area contributed by atoms with E-state index in [2.05, 4.69) is 5.32 Å². The lowest BCUT2D eigenvalue weighted by molar-refractivity contribution is -0.137. The van der Waals surface area contributed by atoms with Gasteiger partial charge in [-0.3, -0.25) is 9.59 Å². The fourth-order valence-corrected chi connectivity index (χ4v) is 2.09. The number of sulfone groups is 1. The van der Waals surface area contributed by atoms with Gasteiger partial charge in [0.1, 0.15) is 5.75 Å². The van der Waals surface area contributed by atoms with Crippen molar-refractivity contribution in [1.82, 2.24) is 5.32 Å². The predicted molar refractivity (Wildman–Crippen MR) is 54.2 cm³/mol. The number of carbonyl (C=O) groups excluding carboxylic acids is 1. The molecule has 0 spiro atoms. The summed E-state index contributed by atoms with van der Waals surface area (Å²) in [5.41, 5.74) is 0. The number of nitrogens with one attached hydrogen (secondary N) is 1. The van der Waals surface area contributed by atoms with Crippen molar-refractivity contribution in [2.24, 2.45) is 0 Å². The van der Waals surface area contributed by atoms with Gasteiger partial charge >= 0.3 is 5.97 Å². The summed E-state index contributed by atoms with van der Waals surface area (Å²) < 4.78 is 22.9. The maximum atomic E-state index is 11.4. The van der Waals surface area contributed by atoms with Crippen LogP contribution in [0.25, 0.3) is 0 Å². The SMILES string of the molecule is CCNC(=O)CS(=O)(=O)C(C)CC(=O)O. The summed E-state index contributed by atoms with van der Waals surface area (Å²) >= 11 is 0. The van der Waals surface area contributed by atoms with E-state index >= 15 is 0 Å². The molecular formula is C8H15NO5S. The molecule has 0 radical (unpaired) electrons. The number of carbonyl (C=O) groups is 2. The zero-order valence-corrected chi connectivity index (χ0v) is 9.50. The van der Waals surface area contributed by atoms with Crippen LogP contribution in [0.15, 0.2) is 0 Å². The highest BCUT2D eigenvalue weighted by Gasteiger charge is 2.25. The fraction of sp³-hybridized carbons (Fsp3) is 0.750. The van der Waals surface area contributed by atoms with Gasteiger partial charge in [-0.15, -0.1) is 0 Å². The van der Waals surface area contributed by atoms with Crippen LogP contribution in [0.5, 0.6) is 0 Å². The molecule has 0 aliphatic rings. The Labute approximate surface area is 88.6 Å². The van der Waals surface area contributed by atoms with Crippen LogP contribution in [0.1, 0.15) is 20.3 Å². The molecule has 15 heavy (non-hydrogen) atoms. The molecule has 7 heteroatoms. The first kappa shape index (κ1) is 13.9. The Morgan fingerprint density at radius 3 is 2.33 bits per heavy atom. The first-order valence-corrected chi connectivity index (χ1v) is 6.21. The maximum absolute atomic E-state index is 11.4. The highest BCUT2D eigenvalue weighted by Crippen LogP contribution is 2.06. The van der Waals surface area contributed by atoms with Crippen LogP contribution < -0.4 is 5.32 Å². The topological polar surface area (TPSA) is 101 Å². The Bertz CT molecular complexity index is 335. The Morgan fingerprint density at radius 2 is 1.93 bits per heavy atom. The number of amides is 1. The fourth-order valence-electron chi connectivity index (χ4n) is 0.946. The first-order valence-electron chi connectivity index (χ1n) is 4.49. The molecule has 0 rings (SSSR count). The number of rotatable bonds is 6. The van der Waals surface area contributed by atoms with Crippen molar-refractivity contribution in [3.63, 3.8) is 0 Å². The second kappa shape index (κ2) is 5.69. The van der Waals surface area contributed by atoms with Crippen molar-refractivity contribution < 1.29 is 23.1 Å². The van der Waals surface area contributed by atoms with Crippen LogP contribution in [-0.2, 0) is 19.4 Å². The van der Waals surface area contributed by atoms with Gasteiger partial charge in [0.2, 0.25) is 5.91 Å². The van der Waals surface area contributed by atoms with E-state index in [0.29, 0.717) is 6.54 Å². The number of hydrogen-bond acceptors (Lipinski definition) is 4. The van der Waals surface area contributed by atoms with Crippen LogP contribution in [0, 0.1) is 0 Å². The van der Waals surface area contributed by atoms with Gasteiger partial charge in [0.25, 0.3) is 0 Å². The molecule has 0 bridgehead atoms. The minimum absolute atomic E-state index is 0.349. The van der Waals surface area contributed by atoms with E-state index in [1.165, 1.54) is 6.92 Å². The lowest BCUT2D eigenvalue weighted by Gasteiger charge is -2.09. The monoisotopic (exact) mass is 237 g/mol. The van der Waals surface area contributed by atoms with Gasteiger partial charge in [0.05, 0.1) is 11.7 Å². The molecular weight excluding hydrogens is 222 g/mol. The lowest BCUT2D eigenvalue weighted by atomic mass is 10.3. The molecule has 0 aromatic heterocycles. The molecule has 6 nitrogen and oxygen atoms in total. The molecule has 0 aromatic rings. The zero-order chi connectivity index (χ0) is 12.1. The highest BCUT2D eigenvalue weighted by atomic mass is 32.2. The number of carboxylic acids is 1. The summed E-state index contributed by atoms with van der Waals surface area (Å²) in [6, 6.07) is 0. The normalized spacial score (nSPS) is 13.2. The molecule has 0 aromatic carbocycles. The minimum atomic E-state index is -3.67. The van der Waals surface area contributed by atoms with Crippen molar-refractivity contribution in [3.8, 4) is 0 Å². The molecule has 0 aliphatic heterocycles. The Hall–Kier alpha value is -1.11. The lowest BCUT2D eigenvalue weighted by Crippen LogP contribution is -2.34. The Kier molecular flexibility index (Phi) is 5.27. The predicted octanol–water partition coefficient (Wildman–Crippen LogP) is -0.599. The number of aliphatic carboxylic acids is 1. The molecule has 0 aliphatic carbocycles.